The maximum Gasteiger partial charge on any atom is 0.275 e. The molecule has 4 rings (SSSR count). The highest BCUT2D eigenvalue weighted by atomic mass is 32.1. The van der Waals surface area contributed by atoms with Crippen LogP contribution < -0.4 is 15.8 Å². The lowest BCUT2D eigenvalue weighted by molar-refractivity contribution is -0.125. The zero-order valence-electron chi connectivity index (χ0n) is 16.5. The molecule has 1 aromatic carbocycles. The minimum Gasteiger partial charge on any atom is -0.356 e. The van der Waals surface area contributed by atoms with Gasteiger partial charge in [-0.15, -0.1) is 5.10 Å². The van der Waals surface area contributed by atoms with Gasteiger partial charge in [0.2, 0.25) is 16.0 Å². The fourth-order valence-electron chi connectivity index (χ4n) is 3.70. The number of hydrogen-bond acceptors (Lipinski definition) is 6. The third-order valence-corrected chi connectivity index (χ3v) is 6.18. The van der Waals surface area contributed by atoms with Crippen molar-refractivity contribution in [1.29, 1.82) is 0 Å². The highest BCUT2D eigenvalue weighted by molar-refractivity contribution is 7.20. The van der Waals surface area contributed by atoms with Gasteiger partial charge in [-0.2, -0.15) is 4.52 Å². The molecule has 7 nitrogen and oxygen atoms in total. The van der Waals surface area contributed by atoms with Gasteiger partial charge < -0.3 is 10.2 Å². The van der Waals surface area contributed by atoms with Crippen LogP contribution >= 0.6 is 11.3 Å². The summed E-state index contributed by atoms with van der Waals surface area (Å²) >= 11 is 1.40. The summed E-state index contributed by atoms with van der Waals surface area (Å²) in [6.07, 6.45) is 3.70. The number of anilines is 1. The molecule has 0 bridgehead atoms. The molecule has 0 aliphatic carbocycles. The van der Waals surface area contributed by atoms with E-state index >= 15 is 0 Å². The lowest BCUT2D eigenvalue weighted by Gasteiger charge is -2.31. The molecule has 8 heteroatoms. The Bertz CT molecular complexity index is 1050. The van der Waals surface area contributed by atoms with Crippen molar-refractivity contribution in [2.75, 3.05) is 24.5 Å². The van der Waals surface area contributed by atoms with Crippen molar-refractivity contribution < 1.29 is 4.79 Å². The summed E-state index contributed by atoms with van der Waals surface area (Å²) in [5, 5.41) is 8.27. The highest BCUT2D eigenvalue weighted by Gasteiger charge is 2.27. The first-order valence-electron chi connectivity index (χ1n) is 10.0. The molecule has 3 aromatic rings. The maximum absolute atomic E-state index is 12.6. The predicted molar refractivity (Wildman–Crippen MR) is 115 cm³/mol. The predicted octanol–water partition coefficient (Wildman–Crippen LogP) is 2.42. The number of carbonyl (C=O) groups is 1. The smallest absolute Gasteiger partial charge is 0.275 e. The fourth-order valence-corrected chi connectivity index (χ4v) is 4.68. The number of hydrogen-bond donors (Lipinski definition) is 1. The largest absolute Gasteiger partial charge is 0.356 e. The topological polar surface area (TPSA) is 79.6 Å². The Balaban J connectivity index is 1.33. The monoisotopic (exact) mass is 411 g/mol. The van der Waals surface area contributed by atoms with Gasteiger partial charge in [0.05, 0.1) is 5.92 Å². The lowest BCUT2D eigenvalue weighted by atomic mass is 9.97. The first-order valence-corrected chi connectivity index (χ1v) is 10.9. The number of benzene rings is 1. The summed E-state index contributed by atoms with van der Waals surface area (Å²) in [6.45, 7) is 3.95. The number of piperidine rings is 1. The van der Waals surface area contributed by atoms with Crippen LogP contribution in [0, 0.1) is 12.8 Å². The van der Waals surface area contributed by atoms with Crippen LogP contribution in [0.15, 0.2) is 41.2 Å². The van der Waals surface area contributed by atoms with Crippen molar-refractivity contribution in [3.63, 3.8) is 0 Å². The molecule has 1 N–H and O–H groups in total. The van der Waals surface area contributed by atoms with E-state index in [1.807, 2.05) is 18.2 Å². The van der Waals surface area contributed by atoms with Gasteiger partial charge in [-0.3, -0.25) is 9.59 Å². The Labute approximate surface area is 173 Å². The summed E-state index contributed by atoms with van der Waals surface area (Å²) in [7, 11) is 0. The summed E-state index contributed by atoms with van der Waals surface area (Å²) in [5.74, 6) is 0.0499. The first kappa shape index (κ1) is 19.6. The van der Waals surface area contributed by atoms with Gasteiger partial charge >= 0.3 is 0 Å². The van der Waals surface area contributed by atoms with Crippen molar-refractivity contribution >= 4 is 27.3 Å². The van der Waals surface area contributed by atoms with Gasteiger partial charge in [-0.25, -0.2) is 4.98 Å². The van der Waals surface area contributed by atoms with Crippen LogP contribution in [0.5, 0.6) is 0 Å². The van der Waals surface area contributed by atoms with E-state index in [0.717, 1.165) is 37.4 Å². The third-order valence-electron chi connectivity index (χ3n) is 5.21. The van der Waals surface area contributed by atoms with E-state index in [1.165, 1.54) is 27.5 Å². The first-order chi connectivity index (χ1) is 14.1. The number of nitrogens with zero attached hydrogens (tertiary/aromatic N) is 4. The Morgan fingerprint density at radius 3 is 2.97 bits per heavy atom. The van der Waals surface area contributed by atoms with E-state index in [0.29, 0.717) is 23.7 Å². The average molecular weight is 412 g/mol. The van der Waals surface area contributed by atoms with Crippen molar-refractivity contribution in [3.05, 3.63) is 58.0 Å². The molecule has 1 aliphatic rings. The summed E-state index contributed by atoms with van der Waals surface area (Å²) in [5.41, 5.74) is 1.82. The molecule has 0 radical (unpaired) electrons. The molecule has 1 amide bonds. The standard InChI is InChI=1S/C21H25N5O2S/c1-15-13-18(27)26-20(23-15)29-21(24-26)25-12-6-10-17(14-25)19(28)22-11-5-9-16-7-3-2-4-8-16/h2-4,7-8,13,17H,5-6,9-12,14H2,1H3,(H,22,28)/t17-/m0/s1. The van der Waals surface area contributed by atoms with Crippen molar-refractivity contribution in [2.45, 2.75) is 32.6 Å². The van der Waals surface area contributed by atoms with E-state index in [4.69, 9.17) is 0 Å². The van der Waals surface area contributed by atoms with Crippen LogP contribution in [0.3, 0.4) is 0 Å². The molecule has 152 valence electrons. The summed E-state index contributed by atoms with van der Waals surface area (Å²) in [6, 6.07) is 11.8. The molecule has 3 heterocycles. The molecule has 1 fully saturated rings. The quantitative estimate of drug-likeness (QED) is 0.630. The molecule has 1 saturated heterocycles. The van der Waals surface area contributed by atoms with Crippen molar-refractivity contribution in [2.24, 2.45) is 5.92 Å². The highest BCUT2D eigenvalue weighted by Crippen LogP contribution is 2.27. The van der Waals surface area contributed by atoms with E-state index < -0.39 is 0 Å². The van der Waals surface area contributed by atoms with Crippen LogP contribution in [-0.4, -0.2) is 40.1 Å². The minimum atomic E-state index is -0.167. The Hall–Kier alpha value is -2.74. The second-order valence-corrected chi connectivity index (χ2v) is 8.41. The Morgan fingerprint density at radius 1 is 1.31 bits per heavy atom. The second-order valence-electron chi connectivity index (χ2n) is 7.48. The number of amides is 1. The number of carbonyl (C=O) groups excluding carboxylic acids is 1. The van der Waals surface area contributed by atoms with Gasteiger partial charge in [0.25, 0.3) is 5.56 Å². The Morgan fingerprint density at radius 2 is 2.14 bits per heavy atom. The van der Waals surface area contributed by atoms with Gasteiger partial charge in [0.15, 0.2) is 0 Å². The molecule has 1 atom stereocenters. The molecule has 0 saturated carbocycles. The van der Waals surface area contributed by atoms with Crippen LogP contribution in [0.4, 0.5) is 5.13 Å². The summed E-state index contributed by atoms with van der Waals surface area (Å²) in [4.78, 5) is 31.8. The van der Waals surface area contributed by atoms with Crippen LogP contribution in [0.1, 0.15) is 30.5 Å². The van der Waals surface area contributed by atoms with E-state index in [-0.39, 0.29) is 17.4 Å². The van der Waals surface area contributed by atoms with Gasteiger partial charge in [0.1, 0.15) is 0 Å². The average Bonchev–Trinajstić information content (AvgIpc) is 3.16. The number of nitrogens with one attached hydrogen (secondary N) is 1. The Kier molecular flexibility index (Phi) is 5.89. The number of aryl methyl sites for hydroxylation is 2. The van der Waals surface area contributed by atoms with E-state index in [2.05, 4.69) is 32.4 Å². The number of aromatic nitrogens is 3. The van der Waals surface area contributed by atoms with E-state index in [1.54, 1.807) is 6.92 Å². The summed E-state index contributed by atoms with van der Waals surface area (Å²) < 4.78 is 1.35. The molecule has 2 aromatic heterocycles. The SMILES string of the molecule is Cc1cc(=O)n2nc(N3CCC[C@H](C(=O)NCCCc4ccccc4)C3)sc2n1. The van der Waals surface area contributed by atoms with Gasteiger partial charge in [0, 0.05) is 31.4 Å². The fraction of sp³-hybridized carbons (Fsp3) is 0.429. The van der Waals surface area contributed by atoms with E-state index in [9.17, 15) is 9.59 Å². The zero-order valence-corrected chi connectivity index (χ0v) is 17.3. The zero-order chi connectivity index (χ0) is 20.2. The van der Waals surface area contributed by atoms with Gasteiger partial charge in [-0.1, -0.05) is 41.7 Å². The molecule has 29 heavy (non-hydrogen) atoms. The number of fused-ring (bicyclic) bond motifs is 1. The van der Waals surface area contributed by atoms with Crippen molar-refractivity contribution in [3.8, 4) is 0 Å². The third kappa shape index (κ3) is 4.64. The second kappa shape index (κ2) is 8.73. The van der Waals surface area contributed by atoms with Gasteiger partial charge in [-0.05, 0) is 38.2 Å². The normalized spacial score (nSPS) is 16.9. The van der Waals surface area contributed by atoms with Crippen LogP contribution in [-0.2, 0) is 11.2 Å². The molecular weight excluding hydrogens is 386 g/mol. The van der Waals surface area contributed by atoms with Crippen LogP contribution in [0.2, 0.25) is 0 Å². The maximum atomic E-state index is 12.6. The number of rotatable bonds is 6. The molecule has 0 spiro atoms. The van der Waals surface area contributed by atoms with Crippen LogP contribution in [0.25, 0.3) is 4.96 Å². The van der Waals surface area contributed by atoms with Crippen molar-refractivity contribution in [1.82, 2.24) is 19.9 Å². The lowest BCUT2D eigenvalue weighted by Crippen LogP contribution is -2.43. The molecule has 1 aliphatic heterocycles. The molecular formula is C21H25N5O2S. The molecule has 0 unspecified atom stereocenters. The minimum absolute atomic E-state index is 0.0566.